The van der Waals surface area contributed by atoms with Gasteiger partial charge in [0.2, 0.25) is 0 Å². The fourth-order valence-corrected chi connectivity index (χ4v) is 7.07. The fourth-order valence-electron chi connectivity index (χ4n) is 5.53. The standard InChI is InChI=1S/C21H32F3N3S/c1-15(2)27-18(12-19(25-27)21(22,23)24)16-4-6-17(7-5-16)26-10-3-8-20(13-26)9-11-28-14-20/h12,15-17H,3-11,13-14H2,1-2H3/t16?,17?,20-/m0/s1. The predicted molar refractivity (Wildman–Crippen MR) is 108 cm³/mol. The van der Waals surface area contributed by atoms with E-state index in [1.54, 1.807) is 4.68 Å². The SMILES string of the molecule is CC(C)n1nc(C(F)(F)F)cc1C1CCC(N2CCC[C@]3(CCSC3)C2)CC1. The van der Waals surface area contributed by atoms with Gasteiger partial charge in [-0.05, 0) is 82.6 Å². The number of halogens is 3. The molecule has 4 rings (SSSR count). The van der Waals surface area contributed by atoms with Gasteiger partial charge in [-0.25, -0.2) is 0 Å². The summed E-state index contributed by atoms with van der Waals surface area (Å²) in [4.78, 5) is 2.71. The van der Waals surface area contributed by atoms with E-state index < -0.39 is 11.9 Å². The summed E-state index contributed by atoms with van der Waals surface area (Å²) in [5.41, 5.74) is 0.579. The van der Waals surface area contributed by atoms with Crippen LogP contribution in [0.1, 0.15) is 82.1 Å². The largest absolute Gasteiger partial charge is 0.435 e. The third-order valence-corrected chi connectivity index (χ3v) is 8.36. The van der Waals surface area contributed by atoms with Crippen LogP contribution in [0.15, 0.2) is 6.07 Å². The molecule has 0 unspecified atom stereocenters. The first-order valence-corrected chi connectivity index (χ1v) is 11.9. The lowest BCUT2D eigenvalue weighted by molar-refractivity contribution is -0.141. The molecule has 28 heavy (non-hydrogen) atoms. The fraction of sp³-hybridized carbons (Fsp3) is 0.857. The molecule has 1 aromatic rings. The van der Waals surface area contributed by atoms with E-state index in [4.69, 9.17) is 0 Å². The van der Waals surface area contributed by atoms with Crippen LogP contribution in [0, 0.1) is 5.41 Å². The maximum Gasteiger partial charge on any atom is 0.435 e. The topological polar surface area (TPSA) is 21.1 Å². The number of nitrogens with zero attached hydrogens (tertiary/aromatic N) is 3. The van der Waals surface area contributed by atoms with Gasteiger partial charge in [0.1, 0.15) is 0 Å². The Bertz CT molecular complexity index is 671. The third-order valence-electron chi connectivity index (χ3n) is 7.05. The summed E-state index contributed by atoms with van der Waals surface area (Å²) in [5.74, 6) is 2.82. The van der Waals surface area contributed by atoms with E-state index in [9.17, 15) is 13.2 Å². The van der Waals surface area contributed by atoms with Crippen LogP contribution in [0.4, 0.5) is 13.2 Å². The predicted octanol–water partition coefficient (Wildman–Crippen LogP) is 5.73. The second kappa shape index (κ2) is 7.86. The van der Waals surface area contributed by atoms with Gasteiger partial charge in [-0.3, -0.25) is 9.58 Å². The first-order valence-electron chi connectivity index (χ1n) is 10.8. The minimum Gasteiger partial charge on any atom is -0.300 e. The van der Waals surface area contributed by atoms with Gasteiger partial charge >= 0.3 is 6.18 Å². The Morgan fingerprint density at radius 3 is 2.54 bits per heavy atom. The zero-order valence-corrected chi connectivity index (χ0v) is 17.8. The molecule has 2 saturated heterocycles. The summed E-state index contributed by atoms with van der Waals surface area (Å²) in [6.07, 6.45) is 3.80. The Morgan fingerprint density at radius 1 is 1.18 bits per heavy atom. The van der Waals surface area contributed by atoms with Crippen LogP contribution in [-0.2, 0) is 6.18 Å². The lowest BCUT2D eigenvalue weighted by Crippen LogP contribution is -2.49. The molecular formula is C21H32F3N3S. The first-order chi connectivity index (χ1) is 13.3. The van der Waals surface area contributed by atoms with Crippen molar-refractivity contribution < 1.29 is 13.2 Å². The van der Waals surface area contributed by atoms with Crippen LogP contribution in [0.5, 0.6) is 0 Å². The maximum atomic E-state index is 13.2. The first kappa shape index (κ1) is 20.6. The molecule has 3 aliphatic rings. The van der Waals surface area contributed by atoms with Gasteiger partial charge in [-0.1, -0.05) is 0 Å². The second-order valence-corrected chi connectivity index (χ2v) is 10.5. The summed E-state index contributed by atoms with van der Waals surface area (Å²) >= 11 is 2.11. The van der Waals surface area contributed by atoms with Gasteiger partial charge in [0.25, 0.3) is 0 Å². The molecule has 0 amide bonds. The van der Waals surface area contributed by atoms with E-state index in [0.717, 1.165) is 31.4 Å². The molecular weight excluding hydrogens is 383 g/mol. The number of hydrogen-bond acceptors (Lipinski definition) is 3. The van der Waals surface area contributed by atoms with Crippen LogP contribution < -0.4 is 0 Å². The van der Waals surface area contributed by atoms with Crippen molar-refractivity contribution >= 4 is 11.8 Å². The molecule has 3 nitrogen and oxygen atoms in total. The van der Waals surface area contributed by atoms with Crippen LogP contribution in [0.2, 0.25) is 0 Å². The second-order valence-electron chi connectivity index (χ2n) is 9.37. The van der Waals surface area contributed by atoms with Gasteiger partial charge < -0.3 is 0 Å². The van der Waals surface area contributed by atoms with Gasteiger partial charge in [-0.15, -0.1) is 0 Å². The van der Waals surface area contributed by atoms with Crippen molar-refractivity contribution in [3.05, 3.63) is 17.5 Å². The highest BCUT2D eigenvalue weighted by atomic mass is 32.2. The van der Waals surface area contributed by atoms with Crippen molar-refractivity contribution in [3.8, 4) is 0 Å². The van der Waals surface area contributed by atoms with Gasteiger partial charge in [0, 0.05) is 36.0 Å². The van der Waals surface area contributed by atoms with Gasteiger partial charge in [-0.2, -0.15) is 30.0 Å². The van der Waals surface area contributed by atoms with E-state index in [1.807, 2.05) is 13.8 Å². The van der Waals surface area contributed by atoms with Crippen LogP contribution >= 0.6 is 11.8 Å². The lowest BCUT2D eigenvalue weighted by Gasteiger charge is -2.45. The number of hydrogen-bond donors (Lipinski definition) is 0. The molecule has 1 saturated carbocycles. The van der Waals surface area contributed by atoms with E-state index in [0.29, 0.717) is 11.5 Å². The number of piperidine rings is 1. The zero-order valence-electron chi connectivity index (χ0n) is 17.0. The van der Waals surface area contributed by atoms with E-state index in [1.165, 1.54) is 49.9 Å². The normalized spacial score (nSPS) is 32.5. The summed E-state index contributed by atoms with van der Waals surface area (Å²) in [6.45, 7) is 6.26. The minimum atomic E-state index is -4.37. The molecule has 1 spiro atoms. The number of rotatable bonds is 3. The van der Waals surface area contributed by atoms with Gasteiger partial charge in [0.05, 0.1) is 0 Å². The monoisotopic (exact) mass is 415 g/mol. The summed E-state index contributed by atoms with van der Waals surface area (Å²) < 4.78 is 41.1. The molecule has 158 valence electrons. The summed E-state index contributed by atoms with van der Waals surface area (Å²) in [7, 11) is 0. The van der Waals surface area contributed by atoms with E-state index >= 15 is 0 Å². The smallest absolute Gasteiger partial charge is 0.300 e. The third kappa shape index (κ3) is 4.11. The molecule has 1 aromatic heterocycles. The minimum absolute atomic E-state index is 0.0503. The summed E-state index contributed by atoms with van der Waals surface area (Å²) in [5, 5.41) is 3.89. The Kier molecular flexibility index (Phi) is 5.78. The van der Waals surface area contributed by atoms with Crippen LogP contribution in [-0.4, -0.2) is 45.3 Å². The summed E-state index contributed by atoms with van der Waals surface area (Å²) in [6, 6.07) is 1.86. The quantitative estimate of drug-likeness (QED) is 0.629. The molecule has 0 bridgehead atoms. The Labute approximate surface area is 170 Å². The molecule has 3 heterocycles. The van der Waals surface area contributed by atoms with Crippen LogP contribution in [0.3, 0.4) is 0 Å². The Morgan fingerprint density at radius 2 is 1.93 bits per heavy atom. The van der Waals surface area contributed by atoms with Crippen molar-refractivity contribution in [2.75, 3.05) is 24.6 Å². The zero-order chi connectivity index (χ0) is 19.9. The molecule has 0 aromatic carbocycles. The maximum absolute atomic E-state index is 13.2. The van der Waals surface area contributed by atoms with Crippen molar-refractivity contribution in [2.24, 2.45) is 5.41 Å². The van der Waals surface area contributed by atoms with Crippen molar-refractivity contribution in [3.63, 3.8) is 0 Å². The average Bonchev–Trinajstić information content (AvgIpc) is 3.29. The Balaban J connectivity index is 1.42. The van der Waals surface area contributed by atoms with Crippen molar-refractivity contribution in [1.82, 2.24) is 14.7 Å². The number of alkyl halides is 3. The van der Waals surface area contributed by atoms with Crippen molar-refractivity contribution in [2.45, 2.75) is 83.0 Å². The lowest BCUT2D eigenvalue weighted by atomic mass is 9.77. The van der Waals surface area contributed by atoms with Crippen LogP contribution in [0.25, 0.3) is 0 Å². The highest BCUT2D eigenvalue weighted by Gasteiger charge is 2.41. The van der Waals surface area contributed by atoms with E-state index in [2.05, 4.69) is 21.8 Å². The molecule has 0 N–H and O–H groups in total. The average molecular weight is 416 g/mol. The Hall–Kier alpha value is -0.690. The van der Waals surface area contributed by atoms with Crippen molar-refractivity contribution in [1.29, 1.82) is 0 Å². The highest BCUT2D eigenvalue weighted by molar-refractivity contribution is 7.99. The van der Waals surface area contributed by atoms with E-state index in [-0.39, 0.29) is 12.0 Å². The highest BCUT2D eigenvalue weighted by Crippen LogP contribution is 2.45. The number of thioether (sulfide) groups is 1. The molecule has 0 radical (unpaired) electrons. The molecule has 7 heteroatoms. The number of aromatic nitrogens is 2. The molecule has 2 aliphatic heterocycles. The van der Waals surface area contributed by atoms with Gasteiger partial charge in [0.15, 0.2) is 5.69 Å². The molecule has 3 fully saturated rings. The molecule has 1 aliphatic carbocycles. The molecule has 1 atom stereocenters. The number of likely N-dealkylation sites (tertiary alicyclic amines) is 1.